The zero-order chi connectivity index (χ0) is 13.5. The summed E-state index contributed by atoms with van der Waals surface area (Å²) in [4.78, 5) is 0. The van der Waals surface area contributed by atoms with Gasteiger partial charge in [0.25, 0.3) is 0 Å². The van der Waals surface area contributed by atoms with Crippen LogP contribution in [0.4, 0.5) is 0 Å². The van der Waals surface area contributed by atoms with E-state index >= 15 is 0 Å². The van der Waals surface area contributed by atoms with Gasteiger partial charge in [0.15, 0.2) is 0 Å². The van der Waals surface area contributed by atoms with Crippen LogP contribution in [0.25, 0.3) is 0 Å². The third-order valence-corrected chi connectivity index (χ3v) is 4.42. The van der Waals surface area contributed by atoms with Gasteiger partial charge in [-0.1, -0.05) is 0 Å². The van der Waals surface area contributed by atoms with Crippen LogP contribution in [0.3, 0.4) is 0 Å². The second-order valence-corrected chi connectivity index (χ2v) is 7.16. The maximum Gasteiger partial charge on any atom is 0.147 e. The zero-order valence-corrected chi connectivity index (χ0v) is 14.5. The zero-order valence-electron chi connectivity index (χ0n) is 10.5. The van der Waals surface area contributed by atoms with Crippen LogP contribution >= 0.6 is 31.9 Å². The minimum absolute atomic E-state index is 0.697. The van der Waals surface area contributed by atoms with Gasteiger partial charge in [-0.15, -0.1) is 0 Å². The molecule has 6 heteroatoms. The van der Waals surface area contributed by atoms with Crippen molar-refractivity contribution in [2.45, 2.75) is 13.0 Å². The van der Waals surface area contributed by atoms with E-state index in [0.717, 1.165) is 40.0 Å². The number of rotatable bonds is 7. The van der Waals surface area contributed by atoms with Gasteiger partial charge in [0.2, 0.25) is 0 Å². The van der Waals surface area contributed by atoms with Crippen LogP contribution in [0.15, 0.2) is 21.1 Å². The van der Waals surface area contributed by atoms with Crippen LogP contribution in [0.1, 0.15) is 12.0 Å². The van der Waals surface area contributed by atoms with E-state index in [4.69, 9.17) is 4.74 Å². The quantitative estimate of drug-likeness (QED) is 0.717. The average Bonchev–Trinajstić information content (AvgIpc) is 2.27. The first-order valence-corrected chi connectivity index (χ1v) is 8.88. The summed E-state index contributed by atoms with van der Waals surface area (Å²) in [6.07, 6.45) is 2.67. The highest BCUT2D eigenvalue weighted by molar-refractivity contribution is 9.11. The van der Waals surface area contributed by atoms with Gasteiger partial charge >= 0.3 is 0 Å². The molecule has 1 aromatic carbocycles. The first kappa shape index (κ1) is 16.1. The molecule has 0 spiro atoms. The Morgan fingerprint density at radius 1 is 1.33 bits per heavy atom. The normalized spacial score (nSPS) is 12.4. The van der Waals surface area contributed by atoms with Crippen molar-refractivity contribution < 1.29 is 8.95 Å². The molecule has 1 rings (SSSR count). The van der Waals surface area contributed by atoms with E-state index in [0.29, 0.717) is 0 Å². The van der Waals surface area contributed by atoms with Gasteiger partial charge < -0.3 is 10.1 Å². The minimum atomic E-state index is -0.697. The highest BCUT2D eigenvalue weighted by Gasteiger charge is 2.07. The van der Waals surface area contributed by atoms with Crippen molar-refractivity contribution in [3.8, 4) is 5.75 Å². The van der Waals surface area contributed by atoms with Gasteiger partial charge in [0.05, 0.1) is 16.1 Å². The van der Waals surface area contributed by atoms with Crippen LogP contribution in [0, 0.1) is 0 Å². The van der Waals surface area contributed by atoms with Crippen LogP contribution in [0.5, 0.6) is 5.75 Å². The lowest BCUT2D eigenvalue weighted by atomic mass is 10.2. The third-order valence-electron chi connectivity index (χ3n) is 2.38. The summed E-state index contributed by atoms with van der Waals surface area (Å²) < 4.78 is 18.0. The lowest BCUT2D eigenvalue weighted by Gasteiger charge is -2.10. The number of halogens is 2. The molecule has 18 heavy (non-hydrogen) atoms. The predicted octanol–water partition coefficient (Wildman–Crippen LogP) is 3.08. The first-order valence-electron chi connectivity index (χ1n) is 5.57. The van der Waals surface area contributed by atoms with Gasteiger partial charge in [0.1, 0.15) is 5.75 Å². The molecule has 0 aliphatic rings. The lowest BCUT2D eigenvalue weighted by molar-refractivity contribution is 0.409. The Hall–Kier alpha value is 0.0900. The molecule has 0 amide bonds. The molecule has 1 N–H and O–H groups in total. The molecule has 0 bridgehead atoms. The predicted molar refractivity (Wildman–Crippen MR) is 83.7 cm³/mol. The molecule has 0 saturated carbocycles. The number of benzene rings is 1. The van der Waals surface area contributed by atoms with Gasteiger partial charge in [0, 0.05) is 29.4 Å². The summed E-state index contributed by atoms with van der Waals surface area (Å²) in [5.41, 5.74) is 1.17. The Bertz CT molecular complexity index is 404. The summed E-state index contributed by atoms with van der Waals surface area (Å²) in [7, 11) is 0.950. The second kappa shape index (κ2) is 8.30. The molecule has 0 radical (unpaired) electrons. The maximum atomic E-state index is 10.9. The molecule has 0 fully saturated rings. The summed E-state index contributed by atoms with van der Waals surface area (Å²) >= 11 is 6.95. The molecular weight excluding hydrogens is 382 g/mol. The highest BCUT2D eigenvalue weighted by Crippen LogP contribution is 2.34. The maximum absolute atomic E-state index is 10.9. The number of hydrogen-bond donors (Lipinski definition) is 1. The van der Waals surface area contributed by atoms with E-state index < -0.39 is 10.8 Å². The molecule has 1 aromatic rings. The van der Waals surface area contributed by atoms with Crippen molar-refractivity contribution in [3.05, 3.63) is 26.6 Å². The standard InChI is InChI=1S/C12H17Br2NO2S/c1-17-12-10(13)6-9(7-11(12)14)8-15-4-3-5-18(2)16/h6-7,15H,3-5,8H2,1-2H3. The van der Waals surface area contributed by atoms with E-state index in [-0.39, 0.29) is 0 Å². The molecular formula is C12H17Br2NO2S. The topological polar surface area (TPSA) is 38.3 Å². The lowest BCUT2D eigenvalue weighted by Crippen LogP contribution is -2.16. The molecule has 1 atom stereocenters. The van der Waals surface area contributed by atoms with Crippen LogP contribution in [-0.2, 0) is 17.3 Å². The van der Waals surface area contributed by atoms with Crippen molar-refractivity contribution in [2.24, 2.45) is 0 Å². The van der Waals surface area contributed by atoms with Gasteiger partial charge in [-0.2, -0.15) is 0 Å². The number of hydrogen-bond acceptors (Lipinski definition) is 3. The number of ether oxygens (including phenoxy) is 1. The first-order chi connectivity index (χ1) is 8.54. The van der Waals surface area contributed by atoms with Gasteiger partial charge in [-0.05, 0) is 62.5 Å². The van der Waals surface area contributed by atoms with E-state index in [1.807, 2.05) is 12.1 Å². The average molecular weight is 399 g/mol. The Labute approximate surface area is 127 Å². The molecule has 0 heterocycles. The van der Waals surface area contributed by atoms with E-state index in [1.165, 1.54) is 5.56 Å². The Balaban J connectivity index is 2.46. The van der Waals surface area contributed by atoms with Crippen LogP contribution in [-0.4, -0.2) is 29.9 Å². The molecule has 3 nitrogen and oxygen atoms in total. The second-order valence-electron chi connectivity index (χ2n) is 3.90. The number of methoxy groups -OCH3 is 1. The van der Waals surface area contributed by atoms with Gasteiger partial charge in [-0.25, -0.2) is 0 Å². The fourth-order valence-electron chi connectivity index (χ4n) is 1.54. The Morgan fingerprint density at radius 2 is 1.94 bits per heavy atom. The summed E-state index contributed by atoms with van der Waals surface area (Å²) in [5, 5.41) is 3.33. The molecule has 102 valence electrons. The number of nitrogens with one attached hydrogen (secondary N) is 1. The summed E-state index contributed by atoms with van der Waals surface area (Å²) in [6.45, 7) is 1.67. The van der Waals surface area contributed by atoms with Crippen LogP contribution in [0.2, 0.25) is 0 Å². The molecule has 1 unspecified atom stereocenters. The van der Waals surface area contributed by atoms with E-state index in [9.17, 15) is 4.21 Å². The molecule has 0 saturated heterocycles. The Morgan fingerprint density at radius 3 is 2.44 bits per heavy atom. The Kier molecular flexibility index (Phi) is 7.44. The van der Waals surface area contributed by atoms with E-state index in [1.54, 1.807) is 13.4 Å². The molecule has 0 aliphatic heterocycles. The third kappa shape index (κ3) is 5.38. The van der Waals surface area contributed by atoms with E-state index in [2.05, 4.69) is 37.2 Å². The van der Waals surface area contributed by atoms with Gasteiger partial charge in [-0.3, -0.25) is 4.21 Å². The van der Waals surface area contributed by atoms with Crippen molar-refractivity contribution in [2.75, 3.05) is 25.7 Å². The SMILES string of the molecule is COc1c(Br)cc(CNCCCS(C)=O)cc1Br. The largest absolute Gasteiger partial charge is 0.494 e. The molecule has 0 aliphatic carbocycles. The molecule has 0 aromatic heterocycles. The van der Waals surface area contributed by atoms with Crippen molar-refractivity contribution in [3.63, 3.8) is 0 Å². The minimum Gasteiger partial charge on any atom is -0.494 e. The van der Waals surface area contributed by atoms with Crippen molar-refractivity contribution in [1.82, 2.24) is 5.32 Å². The van der Waals surface area contributed by atoms with Crippen LogP contribution < -0.4 is 10.1 Å². The fourth-order valence-corrected chi connectivity index (χ4v) is 3.70. The monoisotopic (exact) mass is 397 g/mol. The van der Waals surface area contributed by atoms with Crippen molar-refractivity contribution >= 4 is 42.7 Å². The van der Waals surface area contributed by atoms with Crippen molar-refractivity contribution in [1.29, 1.82) is 0 Å². The fraction of sp³-hybridized carbons (Fsp3) is 0.500. The smallest absolute Gasteiger partial charge is 0.147 e. The summed E-state index contributed by atoms with van der Waals surface area (Å²) in [6, 6.07) is 4.07. The highest BCUT2D eigenvalue weighted by atomic mass is 79.9. The summed E-state index contributed by atoms with van der Waals surface area (Å²) in [5.74, 6) is 1.56.